The second-order valence-corrected chi connectivity index (χ2v) is 7.93. The number of nitrogens with zero attached hydrogens (tertiary/aromatic N) is 3. The highest BCUT2D eigenvalue weighted by atomic mass is 19.4. The van der Waals surface area contributed by atoms with Crippen LogP contribution < -0.4 is 5.32 Å². The number of aromatic nitrogens is 2. The quantitative estimate of drug-likeness (QED) is 0.773. The number of hydrogen-bond donors (Lipinski definition) is 1. The van der Waals surface area contributed by atoms with E-state index in [0.717, 1.165) is 37.4 Å². The van der Waals surface area contributed by atoms with Gasteiger partial charge in [0.05, 0.1) is 23.5 Å². The van der Waals surface area contributed by atoms with E-state index in [1.165, 1.54) is 15.6 Å². The Kier molecular flexibility index (Phi) is 7.02. The lowest BCUT2D eigenvalue weighted by molar-refractivity contribution is -0.138. The van der Waals surface area contributed by atoms with Crippen molar-refractivity contribution in [3.63, 3.8) is 0 Å². The number of rotatable bonds is 5. The molecule has 0 bridgehead atoms. The minimum atomic E-state index is -4.58. The summed E-state index contributed by atoms with van der Waals surface area (Å²) in [5.41, 5.74) is 0.885. The van der Waals surface area contributed by atoms with Crippen molar-refractivity contribution in [2.24, 2.45) is 0 Å². The Balaban J connectivity index is 1.72. The summed E-state index contributed by atoms with van der Waals surface area (Å²) in [5.74, 6) is -0.551. The standard InChI is InChI=1S/C22H27F3N4O2/c1-15-11-16(2)29(27-15)18-9-8-17(19(12-18)22(23,24)25)13-26-20(30)14-28-10-6-4-3-5-7-21(28)31/h8-9,11-12H,3-7,10,13-14H2,1-2H3,(H,26,30). The van der Waals surface area contributed by atoms with E-state index >= 15 is 0 Å². The maximum Gasteiger partial charge on any atom is 0.416 e. The Labute approximate surface area is 179 Å². The van der Waals surface area contributed by atoms with Crippen molar-refractivity contribution in [1.29, 1.82) is 0 Å². The molecule has 31 heavy (non-hydrogen) atoms. The van der Waals surface area contributed by atoms with Crippen LogP contribution in [0.2, 0.25) is 0 Å². The van der Waals surface area contributed by atoms with Gasteiger partial charge in [0.25, 0.3) is 0 Å². The Bertz CT molecular complexity index is 953. The molecule has 168 valence electrons. The third-order valence-electron chi connectivity index (χ3n) is 5.38. The van der Waals surface area contributed by atoms with Gasteiger partial charge < -0.3 is 10.2 Å². The maximum atomic E-state index is 13.7. The zero-order valence-electron chi connectivity index (χ0n) is 17.8. The Hall–Kier alpha value is -2.84. The average Bonchev–Trinajstić information content (AvgIpc) is 3.03. The van der Waals surface area contributed by atoms with Crippen LogP contribution in [0.15, 0.2) is 24.3 Å². The fourth-order valence-corrected chi connectivity index (χ4v) is 3.81. The molecular weight excluding hydrogens is 409 g/mol. The molecule has 1 aliphatic rings. The summed E-state index contributed by atoms with van der Waals surface area (Å²) < 4.78 is 42.5. The first-order valence-electron chi connectivity index (χ1n) is 10.4. The molecule has 2 amide bonds. The third-order valence-corrected chi connectivity index (χ3v) is 5.38. The molecule has 1 saturated heterocycles. The van der Waals surface area contributed by atoms with Crippen LogP contribution in [0.3, 0.4) is 0 Å². The number of carbonyl (C=O) groups excluding carboxylic acids is 2. The summed E-state index contributed by atoms with van der Waals surface area (Å²) in [4.78, 5) is 26.0. The Morgan fingerprint density at radius 1 is 1.13 bits per heavy atom. The van der Waals surface area contributed by atoms with Gasteiger partial charge in [0.2, 0.25) is 11.8 Å². The molecule has 1 fully saturated rings. The summed E-state index contributed by atoms with van der Waals surface area (Å²) in [6, 6.07) is 5.74. The molecule has 1 aliphatic heterocycles. The molecule has 2 aromatic rings. The third kappa shape index (κ3) is 5.86. The van der Waals surface area contributed by atoms with Crippen LogP contribution in [0.4, 0.5) is 13.2 Å². The summed E-state index contributed by atoms with van der Waals surface area (Å²) in [6.45, 7) is 3.64. The van der Waals surface area contributed by atoms with Crippen molar-refractivity contribution in [2.75, 3.05) is 13.1 Å². The molecule has 0 spiro atoms. The normalized spacial score (nSPS) is 15.5. The number of likely N-dealkylation sites (tertiary alicyclic amines) is 1. The van der Waals surface area contributed by atoms with Gasteiger partial charge in [-0.05, 0) is 50.5 Å². The highest BCUT2D eigenvalue weighted by molar-refractivity contribution is 5.84. The summed E-state index contributed by atoms with van der Waals surface area (Å²) in [6.07, 6.45) is -0.551. The van der Waals surface area contributed by atoms with Crippen LogP contribution in [0, 0.1) is 13.8 Å². The van der Waals surface area contributed by atoms with E-state index in [-0.39, 0.29) is 24.6 Å². The lowest BCUT2D eigenvalue weighted by atomic mass is 10.1. The van der Waals surface area contributed by atoms with Crippen molar-refractivity contribution in [2.45, 2.75) is 58.7 Å². The van der Waals surface area contributed by atoms with E-state index in [2.05, 4.69) is 10.4 Å². The highest BCUT2D eigenvalue weighted by Gasteiger charge is 2.34. The second kappa shape index (κ2) is 9.53. The number of hydrogen-bond acceptors (Lipinski definition) is 3. The van der Waals surface area contributed by atoms with Crippen LogP contribution in [-0.4, -0.2) is 39.6 Å². The molecule has 6 nitrogen and oxygen atoms in total. The monoisotopic (exact) mass is 436 g/mol. The van der Waals surface area contributed by atoms with Crippen molar-refractivity contribution in [3.05, 3.63) is 46.8 Å². The maximum absolute atomic E-state index is 13.7. The number of aryl methyl sites for hydroxylation is 2. The zero-order valence-corrected chi connectivity index (χ0v) is 17.8. The van der Waals surface area contributed by atoms with E-state index in [1.54, 1.807) is 26.0 Å². The molecule has 0 unspecified atom stereocenters. The summed E-state index contributed by atoms with van der Waals surface area (Å²) in [7, 11) is 0. The molecule has 3 rings (SSSR count). The molecule has 0 aliphatic carbocycles. The largest absolute Gasteiger partial charge is 0.416 e. The number of alkyl halides is 3. The molecular formula is C22H27F3N4O2. The minimum absolute atomic E-state index is 0.0369. The van der Waals surface area contributed by atoms with Crippen LogP contribution in [0.5, 0.6) is 0 Å². The van der Waals surface area contributed by atoms with Gasteiger partial charge >= 0.3 is 6.18 Å². The van der Waals surface area contributed by atoms with Crippen molar-refractivity contribution in [1.82, 2.24) is 20.0 Å². The van der Waals surface area contributed by atoms with Gasteiger partial charge in [-0.1, -0.05) is 18.9 Å². The molecule has 1 N–H and O–H groups in total. The second-order valence-electron chi connectivity index (χ2n) is 7.93. The Morgan fingerprint density at radius 2 is 1.87 bits per heavy atom. The molecule has 2 heterocycles. The lowest BCUT2D eigenvalue weighted by Gasteiger charge is -2.24. The van der Waals surface area contributed by atoms with E-state index < -0.39 is 17.6 Å². The van der Waals surface area contributed by atoms with Gasteiger partial charge in [-0.2, -0.15) is 18.3 Å². The van der Waals surface area contributed by atoms with E-state index in [4.69, 9.17) is 0 Å². The zero-order chi connectivity index (χ0) is 22.6. The van der Waals surface area contributed by atoms with Gasteiger partial charge in [-0.15, -0.1) is 0 Å². The SMILES string of the molecule is Cc1cc(C)n(-c2ccc(CNC(=O)CN3CCCCCCC3=O)c(C(F)(F)F)c2)n1. The van der Waals surface area contributed by atoms with Gasteiger partial charge in [0.1, 0.15) is 0 Å². The van der Waals surface area contributed by atoms with Gasteiger partial charge in [-0.3, -0.25) is 9.59 Å². The predicted octanol–water partition coefficient (Wildman–Crippen LogP) is 3.92. The van der Waals surface area contributed by atoms with Crippen molar-refractivity contribution < 1.29 is 22.8 Å². The number of benzene rings is 1. The molecule has 1 aromatic heterocycles. The average molecular weight is 436 g/mol. The Morgan fingerprint density at radius 3 is 2.55 bits per heavy atom. The van der Waals surface area contributed by atoms with Crippen LogP contribution in [0.1, 0.15) is 54.6 Å². The molecule has 0 radical (unpaired) electrons. The van der Waals surface area contributed by atoms with Crippen molar-refractivity contribution >= 4 is 11.8 Å². The van der Waals surface area contributed by atoms with Crippen LogP contribution in [-0.2, 0) is 22.3 Å². The lowest BCUT2D eigenvalue weighted by Crippen LogP contribution is -2.41. The minimum Gasteiger partial charge on any atom is -0.350 e. The first kappa shape index (κ1) is 22.8. The topological polar surface area (TPSA) is 67.2 Å². The van der Waals surface area contributed by atoms with Crippen LogP contribution >= 0.6 is 0 Å². The highest BCUT2D eigenvalue weighted by Crippen LogP contribution is 2.33. The molecule has 0 saturated carbocycles. The number of amides is 2. The van der Waals surface area contributed by atoms with Gasteiger partial charge in [-0.25, -0.2) is 4.68 Å². The number of carbonyl (C=O) groups is 2. The van der Waals surface area contributed by atoms with E-state index in [0.29, 0.717) is 24.3 Å². The summed E-state index contributed by atoms with van der Waals surface area (Å²) >= 11 is 0. The van der Waals surface area contributed by atoms with Gasteiger partial charge in [0, 0.05) is 25.2 Å². The molecule has 9 heteroatoms. The molecule has 1 aromatic carbocycles. The van der Waals surface area contributed by atoms with Crippen molar-refractivity contribution in [3.8, 4) is 5.69 Å². The summed E-state index contributed by atoms with van der Waals surface area (Å²) in [5, 5.41) is 6.77. The first-order valence-corrected chi connectivity index (χ1v) is 10.4. The van der Waals surface area contributed by atoms with E-state index in [9.17, 15) is 22.8 Å². The number of halogens is 3. The fraction of sp³-hybridized carbons (Fsp3) is 0.500. The molecule has 0 atom stereocenters. The smallest absolute Gasteiger partial charge is 0.350 e. The fourth-order valence-electron chi connectivity index (χ4n) is 3.81. The number of nitrogens with one attached hydrogen (secondary N) is 1. The van der Waals surface area contributed by atoms with Gasteiger partial charge in [0.15, 0.2) is 0 Å². The van der Waals surface area contributed by atoms with E-state index in [1.807, 2.05) is 0 Å². The van der Waals surface area contributed by atoms with Crippen LogP contribution in [0.25, 0.3) is 5.69 Å². The first-order chi connectivity index (χ1) is 14.6. The predicted molar refractivity (Wildman–Crippen MR) is 110 cm³/mol.